The van der Waals surface area contributed by atoms with Crippen LogP contribution in [0.25, 0.3) is 5.65 Å². The van der Waals surface area contributed by atoms with Crippen LogP contribution in [0.2, 0.25) is 0 Å². The van der Waals surface area contributed by atoms with Crippen LogP contribution in [0.15, 0.2) is 18.3 Å². The topological polar surface area (TPSA) is 87.8 Å². The first-order valence-corrected chi connectivity index (χ1v) is 6.40. The summed E-state index contributed by atoms with van der Waals surface area (Å²) in [5.41, 5.74) is 1.11. The Morgan fingerprint density at radius 3 is 2.80 bits per heavy atom. The van der Waals surface area contributed by atoms with E-state index in [9.17, 15) is 9.59 Å². The van der Waals surface area contributed by atoms with Gasteiger partial charge in [-0.2, -0.15) is 0 Å². The predicted molar refractivity (Wildman–Crippen MR) is 69.4 cm³/mol. The molecule has 1 N–H and O–H groups in total. The number of carbonyl (C=O) groups excluding carboxylic acids is 1. The number of rotatable bonds is 4. The molecule has 0 aromatic carbocycles. The van der Waals surface area contributed by atoms with E-state index in [-0.39, 0.29) is 18.5 Å². The molecule has 0 aliphatic heterocycles. The highest BCUT2D eigenvalue weighted by Gasteiger charge is 2.34. The quantitative estimate of drug-likeness (QED) is 0.887. The summed E-state index contributed by atoms with van der Waals surface area (Å²) < 4.78 is 1.72. The number of carboxylic acid groups (broad SMARTS) is 1. The van der Waals surface area contributed by atoms with E-state index in [1.165, 1.54) is 4.90 Å². The van der Waals surface area contributed by atoms with Crippen molar-refractivity contribution in [2.75, 3.05) is 6.54 Å². The average molecular weight is 274 g/mol. The fourth-order valence-electron chi connectivity index (χ4n) is 2.20. The van der Waals surface area contributed by atoms with Crippen LogP contribution in [-0.4, -0.2) is 49.1 Å². The molecule has 1 fully saturated rings. The molecule has 20 heavy (non-hydrogen) atoms. The van der Waals surface area contributed by atoms with E-state index in [0.717, 1.165) is 12.8 Å². The molecule has 2 heterocycles. The van der Waals surface area contributed by atoms with Gasteiger partial charge in [0, 0.05) is 12.2 Å². The van der Waals surface area contributed by atoms with Gasteiger partial charge in [0.2, 0.25) is 0 Å². The molecule has 1 aliphatic rings. The van der Waals surface area contributed by atoms with Gasteiger partial charge in [-0.3, -0.25) is 14.0 Å². The number of hydrogen-bond acceptors (Lipinski definition) is 4. The molecule has 2 aromatic rings. The number of aliphatic carboxylic acids is 1. The van der Waals surface area contributed by atoms with Crippen LogP contribution < -0.4 is 0 Å². The van der Waals surface area contributed by atoms with E-state index in [0.29, 0.717) is 17.0 Å². The van der Waals surface area contributed by atoms with Gasteiger partial charge in [0.05, 0.1) is 5.56 Å². The SMILES string of the molecule is Cc1nnc2ccc(C(=O)N(CC(=O)O)C3CC3)cn12. The van der Waals surface area contributed by atoms with Crippen molar-refractivity contribution in [1.82, 2.24) is 19.5 Å². The zero-order chi connectivity index (χ0) is 14.3. The van der Waals surface area contributed by atoms with Crippen LogP contribution in [0.4, 0.5) is 0 Å². The van der Waals surface area contributed by atoms with Gasteiger partial charge in [-0.15, -0.1) is 10.2 Å². The van der Waals surface area contributed by atoms with Crippen molar-refractivity contribution in [3.05, 3.63) is 29.7 Å². The van der Waals surface area contributed by atoms with Gasteiger partial charge in [-0.05, 0) is 31.9 Å². The summed E-state index contributed by atoms with van der Waals surface area (Å²) in [4.78, 5) is 24.8. The summed E-state index contributed by atoms with van der Waals surface area (Å²) in [5.74, 6) is -0.567. The van der Waals surface area contributed by atoms with Gasteiger partial charge < -0.3 is 10.0 Å². The van der Waals surface area contributed by atoms with Gasteiger partial charge in [-0.1, -0.05) is 0 Å². The number of carboxylic acids is 1. The van der Waals surface area contributed by atoms with Gasteiger partial charge in [0.1, 0.15) is 12.4 Å². The lowest BCUT2D eigenvalue weighted by Crippen LogP contribution is -2.37. The Morgan fingerprint density at radius 2 is 2.15 bits per heavy atom. The Labute approximate surface area is 114 Å². The maximum Gasteiger partial charge on any atom is 0.323 e. The average Bonchev–Trinajstić information content (AvgIpc) is 3.20. The highest BCUT2D eigenvalue weighted by Crippen LogP contribution is 2.28. The number of aromatic nitrogens is 3. The van der Waals surface area contributed by atoms with Gasteiger partial charge >= 0.3 is 5.97 Å². The second-order valence-corrected chi connectivity index (χ2v) is 4.95. The highest BCUT2D eigenvalue weighted by molar-refractivity contribution is 5.96. The van der Waals surface area contributed by atoms with Crippen molar-refractivity contribution >= 4 is 17.5 Å². The number of pyridine rings is 1. The monoisotopic (exact) mass is 274 g/mol. The van der Waals surface area contributed by atoms with E-state index < -0.39 is 5.97 Å². The summed E-state index contributed by atoms with van der Waals surface area (Å²) in [6.07, 6.45) is 3.39. The maximum absolute atomic E-state index is 12.4. The molecular formula is C13H14N4O3. The molecular weight excluding hydrogens is 260 g/mol. The highest BCUT2D eigenvalue weighted by atomic mass is 16.4. The first kappa shape index (κ1) is 12.6. The first-order valence-electron chi connectivity index (χ1n) is 6.40. The lowest BCUT2D eigenvalue weighted by molar-refractivity contribution is -0.137. The first-order chi connectivity index (χ1) is 9.56. The third kappa shape index (κ3) is 2.22. The minimum atomic E-state index is -0.994. The van der Waals surface area contributed by atoms with Crippen molar-refractivity contribution < 1.29 is 14.7 Å². The number of carbonyl (C=O) groups is 2. The number of fused-ring (bicyclic) bond motifs is 1. The molecule has 0 unspecified atom stereocenters. The smallest absolute Gasteiger partial charge is 0.323 e. The summed E-state index contributed by atoms with van der Waals surface area (Å²) in [6, 6.07) is 3.42. The van der Waals surface area contributed by atoms with E-state index in [4.69, 9.17) is 5.11 Å². The van der Waals surface area contributed by atoms with E-state index in [1.54, 1.807) is 29.7 Å². The molecule has 104 valence electrons. The molecule has 7 nitrogen and oxygen atoms in total. The zero-order valence-electron chi connectivity index (χ0n) is 11.0. The Kier molecular flexibility index (Phi) is 2.89. The predicted octanol–water partition coefficient (Wildman–Crippen LogP) is 0.727. The largest absolute Gasteiger partial charge is 0.480 e. The van der Waals surface area contributed by atoms with Crippen molar-refractivity contribution in [3.8, 4) is 0 Å². The molecule has 3 rings (SSSR count). The van der Waals surface area contributed by atoms with Crippen molar-refractivity contribution in [1.29, 1.82) is 0 Å². The normalized spacial score (nSPS) is 14.4. The Hall–Kier alpha value is -2.44. The van der Waals surface area contributed by atoms with Crippen molar-refractivity contribution in [2.24, 2.45) is 0 Å². The van der Waals surface area contributed by atoms with Gasteiger partial charge in [0.15, 0.2) is 5.65 Å². The summed E-state index contributed by atoms with van der Waals surface area (Å²) in [6.45, 7) is 1.53. The molecule has 7 heteroatoms. The molecule has 1 saturated carbocycles. The number of aryl methyl sites for hydroxylation is 1. The van der Waals surface area contributed by atoms with Crippen LogP contribution in [0.5, 0.6) is 0 Å². The molecule has 1 aliphatic carbocycles. The Bertz CT molecular complexity index is 690. The van der Waals surface area contributed by atoms with Gasteiger partial charge in [-0.25, -0.2) is 0 Å². The number of amides is 1. The van der Waals surface area contributed by atoms with E-state index >= 15 is 0 Å². The maximum atomic E-state index is 12.4. The van der Waals surface area contributed by atoms with Crippen LogP contribution in [0.3, 0.4) is 0 Å². The second kappa shape index (κ2) is 4.59. The lowest BCUT2D eigenvalue weighted by Gasteiger charge is -2.20. The zero-order valence-corrected chi connectivity index (χ0v) is 11.0. The molecule has 1 amide bonds. The Morgan fingerprint density at radius 1 is 1.40 bits per heavy atom. The molecule has 0 spiro atoms. The van der Waals surface area contributed by atoms with Crippen LogP contribution in [-0.2, 0) is 4.79 Å². The van der Waals surface area contributed by atoms with Crippen LogP contribution in [0.1, 0.15) is 29.0 Å². The summed E-state index contributed by atoms with van der Waals surface area (Å²) >= 11 is 0. The molecule has 0 bridgehead atoms. The summed E-state index contributed by atoms with van der Waals surface area (Å²) in [5, 5.41) is 16.8. The van der Waals surface area contributed by atoms with Crippen molar-refractivity contribution in [2.45, 2.75) is 25.8 Å². The van der Waals surface area contributed by atoms with Gasteiger partial charge in [0.25, 0.3) is 5.91 Å². The Balaban J connectivity index is 1.93. The number of hydrogen-bond donors (Lipinski definition) is 1. The lowest BCUT2D eigenvalue weighted by atomic mass is 10.2. The molecule has 0 radical (unpaired) electrons. The van der Waals surface area contributed by atoms with Crippen molar-refractivity contribution in [3.63, 3.8) is 0 Å². The fourth-order valence-corrected chi connectivity index (χ4v) is 2.20. The van der Waals surface area contributed by atoms with Crippen LogP contribution >= 0.6 is 0 Å². The van der Waals surface area contributed by atoms with E-state index in [1.807, 2.05) is 0 Å². The summed E-state index contributed by atoms with van der Waals surface area (Å²) in [7, 11) is 0. The van der Waals surface area contributed by atoms with Crippen LogP contribution in [0, 0.1) is 6.92 Å². The molecule has 0 saturated heterocycles. The van der Waals surface area contributed by atoms with E-state index in [2.05, 4.69) is 10.2 Å². The third-order valence-electron chi connectivity index (χ3n) is 3.37. The number of nitrogens with zero attached hydrogens (tertiary/aromatic N) is 4. The minimum absolute atomic E-state index is 0.0521. The minimum Gasteiger partial charge on any atom is -0.480 e. The third-order valence-corrected chi connectivity index (χ3v) is 3.37. The molecule has 0 atom stereocenters. The fraction of sp³-hybridized carbons (Fsp3) is 0.385. The standard InChI is InChI=1S/C13H14N4O3/c1-8-14-15-11-5-2-9(6-16(8)11)13(20)17(7-12(18)19)10-3-4-10/h2,5-6,10H,3-4,7H2,1H3,(H,18,19). The second-order valence-electron chi connectivity index (χ2n) is 4.95. The molecule has 2 aromatic heterocycles.